The summed E-state index contributed by atoms with van der Waals surface area (Å²) in [6.45, 7) is 8.75. The van der Waals surface area contributed by atoms with E-state index >= 15 is 0 Å². The third-order valence-corrected chi connectivity index (χ3v) is 11.5. The first-order chi connectivity index (χ1) is 27.9. The molecule has 0 aromatic heterocycles. The van der Waals surface area contributed by atoms with Gasteiger partial charge in [0.2, 0.25) is 0 Å². The van der Waals surface area contributed by atoms with E-state index in [1.165, 1.54) is 81.8 Å². The molecule has 0 fully saturated rings. The molecule has 0 spiro atoms. The average molecular weight is 763 g/mol. The Morgan fingerprint density at radius 2 is 0.930 bits per heavy atom. The highest BCUT2D eigenvalue weighted by Crippen LogP contribution is 2.30. The van der Waals surface area contributed by atoms with Crippen LogP contribution in [0.5, 0.6) is 0 Å². The number of hydrogen-bond donors (Lipinski definition) is 0. The zero-order chi connectivity index (χ0) is 40.2. The average Bonchev–Trinajstić information content (AvgIpc) is 3.23. The Morgan fingerprint density at radius 3 is 1.30 bits per heavy atom. The van der Waals surface area contributed by atoms with Gasteiger partial charge in [0.05, 0.1) is 0 Å². The van der Waals surface area contributed by atoms with Gasteiger partial charge in [-0.05, 0) is 133 Å². The first kappa shape index (κ1) is 43.5. The smallest absolute Gasteiger partial charge is 0.131 e. The van der Waals surface area contributed by atoms with Crippen LogP contribution in [0, 0.1) is 47.2 Å². The van der Waals surface area contributed by atoms with Gasteiger partial charge in [-0.25, -0.2) is 8.78 Å². The maximum absolute atomic E-state index is 14.4. The van der Waals surface area contributed by atoms with Crippen LogP contribution in [-0.2, 0) is 12.8 Å². The fraction of sp³-hybridized carbons (Fsp3) is 0.418. The van der Waals surface area contributed by atoms with E-state index in [1.54, 1.807) is 12.1 Å². The number of allylic oxidation sites excluding steroid dienone is 4. The second-order valence-electron chi connectivity index (χ2n) is 16.2. The van der Waals surface area contributed by atoms with Crippen molar-refractivity contribution < 1.29 is 8.78 Å². The van der Waals surface area contributed by atoms with Gasteiger partial charge in [-0.3, -0.25) is 0 Å². The molecule has 6 rings (SSSR count). The second kappa shape index (κ2) is 23.5. The summed E-state index contributed by atoms with van der Waals surface area (Å²) in [5, 5.41) is 0. The number of halogens is 2. The number of rotatable bonds is 13. The van der Waals surface area contributed by atoms with Crippen LogP contribution in [0.4, 0.5) is 8.78 Å². The van der Waals surface area contributed by atoms with E-state index in [0.29, 0.717) is 11.1 Å². The van der Waals surface area contributed by atoms with E-state index in [0.717, 1.165) is 83.7 Å². The topological polar surface area (TPSA) is 0 Å². The number of aryl methyl sites for hydroxylation is 2. The molecule has 0 heterocycles. The molecule has 4 aromatic carbocycles. The summed E-state index contributed by atoms with van der Waals surface area (Å²) in [6.07, 6.45) is 25.1. The Hall–Kier alpha value is -4.66. The quantitative estimate of drug-likeness (QED) is 0.0940. The standard InChI is InChI=1S/C28H33F.C27H31F/c1-3-5-6-8-22-9-11-23(12-10-22)13-14-24-15-18-26(19-16-24)27-20-17-25(7-4-2)21-28(27)29;1-3-5-7-21-8-10-22(11-9-21)12-13-23-14-17-25(18-15-23)26-19-16-24(6-4-2)20-27(26)28/h11,15-22H,3-10,12H2,1-2H3;10,14-21H,3-9,11H2,1-2H3. The highest BCUT2D eigenvalue weighted by molar-refractivity contribution is 5.66. The zero-order valence-corrected chi connectivity index (χ0v) is 35.2. The van der Waals surface area contributed by atoms with Crippen molar-refractivity contribution in [1.29, 1.82) is 0 Å². The summed E-state index contributed by atoms with van der Waals surface area (Å²) >= 11 is 0. The third-order valence-electron chi connectivity index (χ3n) is 11.5. The van der Waals surface area contributed by atoms with Crippen LogP contribution in [0.15, 0.2) is 108 Å². The Labute approximate surface area is 344 Å². The largest absolute Gasteiger partial charge is 0.206 e. The third kappa shape index (κ3) is 14.0. The van der Waals surface area contributed by atoms with Crippen LogP contribution in [0.1, 0.15) is 146 Å². The molecular formula is C55H64F2. The van der Waals surface area contributed by atoms with Crippen LogP contribution in [-0.4, -0.2) is 0 Å². The van der Waals surface area contributed by atoms with Crippen LogP contribution < -0.4 is 0 Å². The van der Waals surface area contributed by atoms with Crippen molar-refractivity contribution >= 4 is 0 Å². The van der Waals surface area contributed by atoms with Crippen molar-refractivity contribution in [2.24, 2.45) is 11.8 Å². The van der Waals surface area contributed by atoms with E-state index in [1.807, 2.05) is 72.8 Å². The molecule has 0 radical (unpaired) electrons. The SMILES string of the molecule is CCCCC1CC=C(C#Cc2ccc(-c3ccc(CCC)cc3F)cc2)CC1.CCCCCC1CC=C(C#Cc2ccc(-c3ccc(CCC)cc3F)cc2)CC1. The molecule has 0 N–H and O–H groups in total. The monoisotopic (exact) mass is 762 g/mol. The van der Waals surface area contributed by atoms with Crippen molar-refractivity contribution in [3.8, 4) is 45.9 Å². The van der Waals surface area contributed by atoms with E-state index in [2.05, 4.69) is 63.5 Å². The molecule has 2 atom stereocenters. The minimum absolute atomic E-state index is 0.143. The normalized spacial score (nSPS) is 16.2. The summed E-state index contributed by atoms with van der Waals surface area (Å²) < 4.78 is 28.9. The Morgan fingerprint density at radius 1 is 0.491 bits per heavy atom. The first-order valence-corrected chi connectivity index (χ1v) is 22.1. The lowest BCUT2D eigenvalue weighted by atomic mass is 9.86. The van der Waals surface area contributed by atoms with Gasteiger partial charge >= 0.3 is 0 Å². The highest BCUT2D eigenvalue weighted by atomic mass is 19.1. The predicted octanol–water partition coefficient (Wildman–Crippen LogP) is 15.8. The molecular weight excluding hydrogens is 699 g/mol. The fourth-order valence-electron chi connectivity index (χ4n) is 7.95. The van der Waals surface area contributed by atoms with Gasteiger partial charge in [0.1, 0.15) is 11.6 Å². The van der Waals surface area contributed by atoms with E-state index < -0.39 is 0 Å². The summed E-state index contributed by atoms with van der Waals surface area (Å²) in [4.78, 5) is 0. The molecule has 0 amide bonds. The molecule has 4 aromatic rings. The van der Waals surface area contributed by atoms with Crippen LogP contribution >= 0.6 is 0 Å². The second-order valence-corrected chi connectivity index (χ2v) is 16.2. The maximum atomic E-state index is 14.4. The van der Waals surface area contributed by atoms with Gasteiger partial charge in [-0.15, -0.1) is 0 Å². The molecule has 0 nitrogen and oxygen atoms in total. The maximum Gasteiger partial charge on any atom is 0.131 e. The van der Waals surface area contributed by atoms with Gasteiger partial charge in [0.25, 0.3) is 0 Å². The Kier molecular flexibility index (Phi) is 18.0. The molecule has 0 saturated carbocycles. The minimum Gasteiger partial charge on any atom is -0.206 e. The van der Waals surface area contributed by atoms with Gasteiger partial charge in [-0.1, -0.05) is 170 Å². The predicted molar refractivity (Wildman–Crippen MR) is 240 cm³/mol. The molecule has 0 aliphatic heterocycles. The van der Waals surface area contributed by atoms with Gasteiger partial charge in [0, 0.05) is 22.3 Å². The van der Waals surface area contributed by atoms with Crippen molar-refractivity contribution in [3.63, 3.8) is 0 Å². The molecule has 0 saturated heterocycles. The van der Waals surface area contributed by atoms with E-state index in [4.69, 9.17) is 0 Å². The lowest BCUT2D eigenvalue weighted by Gasteiger charge is -2.19. The van der Waals surface area contributed by atoms with Gasteiger partial charge in [-0.2, -0.15) is 0 Å². The number of benzene rings is 4. The van der Waals surface area contributed by atoms with Crippen molar-refractivity contribution in [1.82, 2.24) is 0 Å². The van der Waals surface area contributed by atoms with Crippen molar-refractivity contribution in [2.75, 3.05) is 0 Å². The van der Waals surface area contributed by atoms with Crippen LogP contribution in [0.2, 0.25) is 0 Å². The number of unbranched alkanes of at least 4 members (excludes halogenated alkanes) is 3. The molecule has 57 heavy (non-hydrogen) atoms. The molecule has 2 heteroatoms. The van der Waals surface area contributed by atoms with Crippen molar-refractivity contribution in [3.05, 3.63) is 142 Å². The Bertz CT molecular complexity index is 2040. The van der Waals surface area contributed by atoms with Gasteiger partial charge in [0.15, 0.2) is 0 Å². The molecule has 0 bridgehead atoms. The summed E-state index contributed by atoms with van der Waals surface area (Å²) in [6, 6.07) is 27.0. The van der Waals surface area contributed by atoms with Gasteiger partial charge < -0.3 is 0 Å². The lowest BCUT2D eigenvalue weighted by molar-refractivity contribution is 0.420. The summed E-state index contributed by atoms with van der Waals surface area (Å²) in [5.41, 5.74) is 9.77. The number of hydrogen-bond acceptors (Lipinski definition) is 0. The van der Waals surface area contributed by atoms with E-state index in [-0.39, 0.29) is 11.6 Å². The van der Waals surface area contributed by atoms with Crippen LogP contribution in [0.3, 0.4) is 0 Å². The first-order valence-electron chi connectivity index (χ1n) is 22.1. The fourth-order valence-corrected chi connectivity index (χ4v) is 7.95. The van der Waals surface area contributed by atoms with Crippen molar-refractivity contribution in [2.45, 2.75) is 137 Å². The molecule has 2 unspecified atom stereocenters. The van der Waals surface area contributed by atoms with Crippen LogP contribution in [0.25, 0.3) is 22.3 Å². The minimum atomic E-state index is -0.144. The molecule has 2 aliphatic carbocycles. The Balaban J connectivity index is 0.000000218. The van der Waals surface area contributed by atoms with E-state index in [9.17, 15) is 8.78 Å². The summed E-state index contributed by atoms with van der Waals surface area (Å²) in [5.74, 6) is 14.7. The zero-order valence-electron chi connectivity index (χ0n) is 35.2. The highest BCUT2D eigenvalue weighted by Gasteiger charge is 2.14. The molecule has 298 valence electrons. The molecule has 2 aliphatic rings. The lowest BCUT2D eigenvalue weighted by Crippen LogP contribution is -2.05. The summed E-state index contributed by atoms with van der Waals surface area (Å²) in [7, 11) is 0.